The van der Waals surface area contributed by atoms with Crippen molar-refractivity contribution in [1.29, 1.82) is 0 Å². The van der Waals surface area contributed by atoms with E-state index >= 15 is 0 Å². The van der Waals surface area contributed by atoms with Crippen LogP contribution in [-0.4, -0.2) is 11.0 Å². The van der Waals surface area contributed by atoms with Crippen molar-refractivity contribution in [3.05, 3.63) is 22.8 Å². The Balaban J connectivity index is 2.49. The van der Waals surface area contributed by atoms with Crippen LogP contribution >= 0.6 is 11.6 Å². The largest absolute Gasteiger partial charge is 0.367 e. The van der Waals surface area contributed by atoms with Gasteiger partial charge in [-0.15, -0.1) is 0 Å². The Labute approximate surface area is 70.6 Å². The van der Waals surface area contributed by atoms with Crippen molar-refractivity contribution < 1.29 is 0 Å². The van der Waals surface area contributed by atoms with E-state index in [1.165, 1.54) is 0 Å². The number of nitrogens with zero attached hydrogens (tertiary/aromatic N) is 1. The third kappa shape index (κ3) is 1.07. The van der Waals surface area contributed by atoms with Crippen LogP contribution in [0.1, 0.15) is 12.5 Å². The van der Waals surface area contributed by atoms with E-state index in [2.05, 4.69) is 17.2 Å². The third-order valence-electron chi connectivity index (χ3n) is 1.89. The maximum absolute atomic E-state index is 5.95. The van der Waals surface area contributed by atoms with E-state index in [1.54, 1.807) is 6.20 Å². The Morgan fingerprint density at radius 1 is 1.73 bits per heavy atom. The zero-order valence-electron chi connectivity index (χ0n) is 6.26. The predicted octanol–water partition coefficient (Wildman–Crippen LogP) is 2.09. The van der Waals surface area contributed by atoms with E-state index in [0.717, 1.165) is 22.8 Å². The lowest BCUT2D eigenvalue weighted by atomic mass is 10.2. The molecule has 2 nitrogen and oxygen atoms in total. The number of hydrogen-bond acceptors (Lipinski definition) is 2. The average molecular weight is 169 g/mol. The summed E-state index contributed by atoms with van der Waals surface area (Å²) in [6.45, 7) is 2.12. The minimum Gasteiger partial charge on any atom is -0.367 e. The number of rotatable bonds is 0. The van der Waals surface area contributed by atoms with Crippen molar-refractivity contribution >= 4 is 17.4 Å². The smallest absolute Gasteiger partial charge is 0.130 e. The van der Waals surface area contributed by atoms with Crippen LogP contribution in [0.4, 0.5) is 5.82 Å². The molecule has 0 spiro atoms. The minimum atomic E-state index is 0.470. The SMILES string of the molecule is CC1Cc2c(Cl)ccnc2N1. The van der Waals surface area contributed by atoms with Crippen molar-refractivity contribution in [1.82, 2.24) is 4.98 Å². The normalized spacial score (nSPS) is 21.1. The standard InChI is InChI=1S/C8H9ClN2/c1-5-4-6-7(9)2-3-10-8(6)11-5/h2-3,5H,4H2,1H3,(H,10,11). The molecule has 0 saturated heterocycles. The number of halogens is 1. The van der Waals surface area contributed by atoms with Crippen molar-refractivity contribution in [3.8, 4) is 0 Å². The first-order chi connectivity index (χ1) is 5.27. The highest BCUT2D eigenvalue weighted by Crippen LogP contribution is 2.29. The van der Waals surface area contributed by atoms with Crippen molar-refractivity contribution in [2.75, 3.05) is 5.32 Å². The van der Waals surface area contributed by atoms with E-state index < -0.39 is 0 Å². The number of fused-ring (bicyclic) bond motifs is 1. The molecular formula is C8H9ClN2. The van der Waals surface area contributed by atoms with Crippen molar-refractivity contribution in [2.24, 2.45) is 0 Å². The molecule has 1 N–H and O–H groups in total. The van der Waals surface area contributed by atoms with Gasteiger partial charge in [0.15, 0.2) is 0 Å². The quantitative estimate of drug-likeness (QED) is 0.642. The molecule has 0 aromatic carbocycles. The predicted molar refractivity (Wildman–Crippen MR) is 46.0 cm³/mol. The van der Waals surface area contributed by atoms with Crippen molar-refractivity contribution in [2.45, 2.75) is 19.4 Å². The monoisotopic (exact) mass is 168 g/mol. The molecule has 58 valence electrons. The molecule has 0 amide bonds. The lowest BCUT2D eigenvalue weighted by Gasteiger charge is -1.99. The van der Waals surface area contributed by atoms with Gasteiger partial charge in [0.2, 0.25) is 0 Å². The van der Waals surface area contributed by atoms with Crippen LogP contribution in [0.15, 0.2) is 12.3 Å². The molecule has 1 atom stereocenters. The Morgan fingerprint density at radius 3 is 3.27 bits per heavy atom. The first-order valence-corrected chi connectivity index (χ1v) is 4.05. The van der Waals surface area contributed by atoms with E-state index in [-0.39, 0.29) is 0 Å². The van der Waals surface area contributed by atoms with Crippen molar-refractivity contribution in [3.63, 3.8) is 0 Å². The maximum atomic E-state index is 5.95. The van der Waals surface area contributed by atoms with Crippen LogP contribution in [0, 0.1) is 0 Å². The van der Waals surface area contributed by atoms with E-state index in [4.69, 9.17) is 11.6 Å². The summed E-state index contributed by atoms with van der Waals surface area (Å²) in [6.07, 6.45) is 2.72. The van der Waals surface area contributed by atoms with Gasteiger partial charge in [-0.2, -0.15) is 0 Å². The molecule has 1 aromatic rings. The summed E-state index contributed by atoms with van der Waals surface area (Å²) in [5.41, 5.74) is 1.15. The highest BCUT2D eigenvalue weighted by atomic mass is 35.5. The van der Waals surface area contributed by atoms with E-state index in [1.807, 2.05) is 6.07 Å². The van der Waals surface area contributed by atoms with Gasteiger partial charge in [0, 0.05) is 22.8 Å². The maximum Gasteiger partial charge on any atom is 0.130 e. The third-order valence-corrected chi connectivity index (χ3v) is 2.25. The van der Waals surface area contributed by atoms with Crippen LogP contribution in [0.2, 0.25) is 5.02 Å². The molecule has 3 heteroatoms. The molecule has 0 bridgehead atoms. The van der Waals surface area contributed by atoms with Gasteiger partial charge in [-0.1, -0.05) is 11.6 Å². The van der Waals surface area contributed by atoms with Gasteiger partial charge < -0.3 is 5.32 Å². The number of pyridine rings is 1. The molecule has 1 unspecified atom stereocenters. The Hall–Kier alpha value is -0.760. The molecule has 1 aliphatic rings. The van der Waals surface area contributed by atoms with Crippen LogP contribution in [0.5, 0.6) is 0 Å². The molecule has 2 heterocycles. The zero-order valence-corrected chi connectivity index (χ0v) is 7.02. The topological polar surface area (TPSA) is 24.9 Å². The fourth-order valence-corrected chi connectivity index (χ4v) is 1.60. The second kappa shape index (κ2) is 2.38. The molecule has 0 saturated carbocycles. The van der Waals surface area contributed by atoms with Crippen LogP contribution < -0.4 is 5.32 Å². The van der Waals surface area contributed by atoms with Gasteiger partial charge in [0.05, 0.1) is 0 Å². The Morgan fingerprint density at radius 2 is 2.55 bits per heavy atom. The minimum absolute atomic E-state index is 0.470. The van der Waals surface area contributed by atoms with Gasteiger partial charge in [-0.3, -0.25) is 0 Å². The van der Waals surface area contributed by atoms with Crippen LogP contribution in [-0.2, 0) is 6.42 Å². The molecule has 0 aliphatic carbocycles. The van der Waals surface area contributed by atoms with Gasteiger partial charge in [-0.05, 0) is 19.4 Å². The summed E-state index contributed by atoms with van der Waals surface area (Å²) in [5, 5.41) is 4.07. The molecule has 1 aromatic heterocycles. The number of nitrogens with one attached hydrogen (secondary N) is 1. The van der Waals surface area contributed by atoms with Gasteiger partial charge in [-0.25, -0.2) is 4.98 Å². The van der Waals surface area contributed by atoms with Crippen LogP contribution in [0.3, 0.4) is 0 Å². The van der Waals surface area contributed by atoms with Crippen LogP contribution in [0.25, 0.3) is 0 Å². The van der Waals surface area contributed by atoms with Gasteiger partial charge >= 0.3 is 0 Å². The molecular weight excluding hydrogens is 160 g/mol. The first-order valence-electron chi connectivity index (χ1n) is 3.67. The van der Waals surface area contributed by atoms with E-state index in [0.29, 0.717) is 6.04 Å². The fraction of sp³-hybridized carbons (Fsp3) is 0.375. The summed E-state index contributed by atoms with van der Waals surface area (Å²) in [5.74, 6) is 0.949. The number of hydrogen-bond donors (Lipinski definition) is 1. The molecule has 1 aliphatic heterocycles. The van der Waals surface area contributed by atoms with Gasteiger partial charge in [0.25, 0.3) is 0 Å². The summed E-state index contributed by atoms with van der Waals surface area (Å²) in [7, 11) is 0. The molecule has 2 rings (SSSR count). The second-order valence-electron chi connectivity index (χ2n) is 2.87. The lowest BCUT2D eigenvalue weighted by molar-refractivity contribution is 0.838. The summed E-state index contributed by atoms with van der Waals surface area (Å²) >= 11 is 5.95. The molecule has 0 radical (unpaired) electrons. The lowest BCUT2D eigenvalue weighted by Crippen LogP contribution is -2.08. The summed E-state index contributed by atoms with van der Waals surface area (Å²) < 4.78 is 0. The summed E-state index contributed by atoms with van der Waals surface area (Å²) in [4.78, 5) is 4.17. The summed E-state index contributed by atoms with van der Waals surface area (Å²) in [6, 6.07) is 2.30. The highest BCUT2D eigenvalue weighted by molar-refractivity contribution is 6.31. The second-order valence-corrected chi connectivity index (χ2v) is 3.28. The Bertz CT molecular complexity index is 285. The van der Waals surface area contributed by atoms with E-state index in [9.17, 15) is 0 Å². The fourth-order valence-electron chi connectivity index (χ4n) is 1.38. The first kappa shape index (κ1) is 6.92. The zero-order chi connectivity index (χ0) is 7.84. The van der Waals surface area contributed by atoms with Gasteiger partial charge in [0.1, 0.15) is 5.82 Å². The number of aromatic nitrogens is 1. The number of anilines is 1. The molecule has 11 heavy (non-hydrogen) atoms. The average Bonchev–Trinajstić information content (AvgIpc) is 2.31. The Kier molecular flexibility index (Phi) is 1.50. The molecule has 0 fully saturated rings. The highest BCUT2D eigenvalue weighted by Gasteiger charge is 2.19.